The van der Waals surface area contributed by atoms with Crippen molar-refractivity contribution in [1.82, 2.24) is 9.97 Å². The molecule has 20 heavy (non-hydrogen) atoms. The number of aryl methyl sites for hydroxylation is 1. The van der Waals surface area contributed by atoms with E-state index in [1.54, 1.807) is 0 Å². The van der Waals surface area contributed by atoms with E-state index < -0.39 is 0 Å². The number of rotatable bonds is 4. The van der Waals surface area contributed by atoms with Crippen LogP contribution in [-0.2, 0) is 6.42 Å². The van der Waals surface area contributed by atoms with Crippen LogP contribution in [0.1, 0.15) is 37.8 Å². The molecule has 0 unspecified atom stereocenters. The number of nitrogen functional groups attached to an aromatic ring is 1. The molecule has 106 valence electrons. The van der Waals surface area contributed by atoms with Gasteiger partial charge >= 0.3 is 0 Å². The van der Waals surface area contributed by atoms with Crippen LogP contribution in [0.15, 0.2) is 29.0 Å². The van der Waals surface area contributed by atoms with Crippen LogP contribution in [0.25, 0.3) is 0 Å². The molecular weight excluding hydrogens is 316 g/mol. The van der Waals surface area contributed by atoms with E-state index in [9.17, 15) is 0 Å². The number of hydrogen-bond donors (Lipinski definition) is 2. The van der Waals surface area contributed by atoms with Gasteiger partial charge in [-0.15, -0.1) is 0 Å². The number of halogens is 1. The molecule has 2 rings (SSSR count). The van der Waals surface area contributed by atoms with Crippen molar-refractivity contribution in [2.45, 2.75) is 33.1 Å². The maximum atomic E-state index is 5.97. The summed E-state index contributed by atoms with van der Waals surface area (Å²) in [7, 11) is 0. The van der Waals surface area contributed by atoms with Gasteiger partial charge in [-0.05, 0) is 36.1 Å². The number of benzene rings is 1. The lowest BCUT2D eigenvalue weighted by Gasteiger charge is -2.16. The van der Waals surface area contributed by atoms with Crippen molar-refractivity contribution in [3.05, 3.63) is 40.1 Å². The topological polar surface area (TPSA) is 63.8 Å². The zero-order valence-electron chi connectivity index (χ0n) is 11.9. The number of nitrogens with two attached hydrogens (primary N) is 1. The van der Waals surface area contributed by atoms with Crippen molar-refractivity contribution in [3.63, 3.8) is 0 Å². The normalized spacial score (nSPS) is 10.8. The highest BCUT2D eigenvalue weighted by atomic mass is 79.9. The lowest BCUT2D eigenvalue weighted by molar-refractivity contribution is 0.854. The first-order valence-electron chi connectivity index (χ1n) is 6.68. The van der Waals surface area contributed by atoms with Gasteiger partial charge in [-0.25, -0.2) is 9.97 Å². The van der Waals surface area contributed by atoms with Crippen LogP contribution in [0.2, 0.25) is 0 Å². The van der Waals surface area contributed by atoms with Gasteiger partial charge in [-0.3, -0.25) is 0 Å². The summed E-state index contributed by atoms with van der Waals surface area (Å²) in [4.78, 5) is 8.42. The Kier molecular flexibility index (Phi) is 4.60. The molecule has 0 radical (unpaired) electrons. The first-order valence-corrected chi connectivity index (χ1v) is 7.48. The minimum absolute atomic E-state index is 0.263. The van der Waals surface area contributed by atoms with Crippen LogP contribution in [0.5, 0.6) is 0 Å². The first-order chi connectivity index (χ1) is 9.52. The highest BCUT2D eigenvalue weighted by Gasteiger charge is 2.14. The van der Waals surface area contributed by atoms with Crippen molar-refractivity contribution >= 4 is 33.3 Å². The molecule has 0 saturated carbocycles. The van der Waals surface area contributed by atoms with Gasteiger partial charge in [0.05, 0.1) is 0 Å². The quantitative estimate of drug-likeness (QED) is 0.877. The fraction of sp³-hybridized carbons (Fsp3) is 0.333. The van der Waals surface area contributed by atoms with E-state index in [4.69, 9.17) is 5.73 Å². The highest BCUT2D eigenvalue weighted by molar-refractivity contribution is 9.10. The van der Waals surface area contributed by atoms with Gasteiger partial charge in [-0.1, -0.05) is 36.7 Å². The number of nitrogens with zero attached hydrogens (tertiary/aromatic N) is 2. The fourth-order valence-electron chi connectivity index (χ4n) is 2.18. The Morgan fingerprint density at radius 2 is 2.05 bits per heavy atom. The van der Waals surface area contributed by atoms with Crippen molar-refractivity contribution in [2.24, 2.45) is 0 Å². The van der Waals surface area contributed by atoms with E-state index >= 15 is 0 Å². The molecule has 5 heteroatoms. The van der Waals surface area contributed by atoms with Crippen LogP contribution in [0.3, 0.4) is 0 Å². The Morgan fingerprint density at radius 3 is 2.70 bits per heavy atom. The summed E-state index contributed by atoms with van der Waals surface area (Å²) in [5.41, 5.74) is 9.21. The van der Waals surface area contributed by atoms with Gasteiger partial charge in [0.1, 0.15) is 18.0 Å². The van der Waals surface area contributed by atoms with E-state index in [1.807, 2.05) is 12.1 Å². The van der Waals surface area contributed by atoms with Crippen LogP contribution in [0.4, 0.5) is 17.3 Å². The Balaban J connectivity index is 2.43. The summed E-state index contributed by atoms with van der Waals surface area (Å²) >= 11 is 3.50. The Labute approximate surface area is 128 Å². The second kappa shape index (κ2) is 6.22. The molecule has 0 fully saturated rings. The molecule has 1 heterocycles. The first kappa shape index (κ1) is 14.8. The van der Waals surface area contributed by atoms with Crippen LogP contribution in [-0.4, -0.2) is 9.97 Å². The van der Waals surface area contributed by atoms with Gasteiger partial charge in [0.15, 0.2) is 0 Å². The van der Waals surface area contributed by atoms with Gasteiger partial charge < -0.3 is 11.1 Å². The maximum Gasteiger partial charge on any atom is 0.139 e. The Morgan fingerprint density at radius 1 is 1.30 bits per heavy atom. The van der Waals surface area contributed by atoms with E-state index in [0.29, 0.717) is 5.82 Å². The van der Waals surface area contributed by atoms with Gasteiger partial charge in [0.25, 0.3) is 0 Å². The van der Waals surface area contributed by atoms with Crippen LogP contribution < -0.4 is 11.1 Å². The molecular formula is C15H19BrN4. The van der Waals surface area contributed by atoms with Crippen LogP contribution in [0, 0.1) is 0 Å². The summed E-state index contributed by atoms with van der Waals surface area (Å²) in [5, 5.41) is 3.39. The molecule has 1 aromatic carbocycles. The van der Waals surface area contributed by atoms with E-state index in [-0.39, 0.29) is 5.92 Å². The van der Waals surface area contributed by atoms with Gasteiger partial charge in [0, 0.05) is 15.7 Å². The molecule has 0 bridgehead atoms. The maximum absolute atomic E-state index is 5.97. The van der Waals surface area contributed by atoms with Crippen molar-refractivity contribution in [3.8, 4) is 0 Å². The SMILES string of the molecule is CCc1cc(Br)ccc1Nc1ncnc(N)c1C(C)C. The minimum atomic E-state index is 0.263. The van der Waals surface area contributed by atoms with Gasteiger partial charge in [-0.2, -0.15) is 0 Å². The summed E-state index contributed by atoms with van der Waals surface area (Å²) in [5.74, 6) is 1.58. The molecule has 0 spiro atoms. The smallest absolute Gasteiger partial charge is 0.139 e. The van der Waals surface area contributed by atoms with Crippen molar-refractivity contribution < 1.29 is 0 Å². The number of nitrogens with one attached hydrogen (secondary N) is 1. The molecule has 0 amide bonds. The van der Waals surface area contributed by atoms with E-state index in [2.05, 4.69) is 58.1 Å². The summed E-state index contributed by atoms with van der Waals surface area (Å²) in [6.45, 7) is 6.30. The monoisotopic (exact) mass is 334 g/mol. The number of aromatic nitrogens is 2. The predicted molar refractivity (Wildman–Crippen MR) is 87.3 cm³/mol. The Bertz CT molecular complexity index is 611. The third kappa shape index (κ3) is 3.10. The third-order valence-electron chi connectivity index (χ3n) is 3.19. The molecule has 0 aliphatic heterocycles. The van der Waals surface area contributed by atoms with E-state index in [1.165, 1.54) is 11.9 Å². The lowest BCUT2D eigenvalue weighted by Crippen LogP contribution is -2.07. The summed E-state index contributed by atoms with van der Waals surface area (Å²) in [6, 6.07) is 6.17. The molecule has 1 aromatic heterocycles. The summed E-state index contributed by atoms with van der Waals surface area (Å²) in [6.07, 6.45) is 2.44. The van der Waals surface area contributed by atoms with E-state index in [0.717, 1.165) is 28.0 Å². The molecule has 4 nitrogen and oxygen atoms in total. The predicted octanol–water partition coefficient (Wildman–Crippen LogP) is 4.25. The average Bonchev–Trinajstić information content (AvgIpc) is 2.40. The zero-order valence-corrected chi connectivity index (χ0v) is 13.5. The third-order valence-corrected chi connectivity index (χ3v) is 3.69. The molecule has 0 aliphatic rings. The fourth-order valence-corrected chi connectivity index (χ4v) is 2.59. The number of hydrogen-bond acceptors (Lipinski definition) is 4. The second-order valence-corrected chi connectivity index (χ2v) is 5.87. The van der Waals surface area contributed by atoms with Crippen molar-refractivity contribution in [2.75, 3.05) is 11.1 Å². The summed E-state index contributed by atoms with van der Waals surface area (Å²) < 4.78 is 1.08. The second-order valence-electron chi connectivity index (χ2n) is 4.96. The molecule has 2 aromatic rings. The minimum Gasteiger partial charge on any atom is -0.383 e. The number of anilines is 3. The van der Waals surface area contributed by atoms with Gasteiger partial charge in [0.2, 0.25) is 0 Å². The average molecular weight is 335 g/mol. The zero-order chi connectivity index (χ0) is 14.7. The van der Waals surface area contributed by atoms with Crippen LogP contribution >= 0.6 is 15.9 Å². The highest BCUT2D eigenvalue weighted by Crippen LogP contribution is 2.30. The van der Waals surface area contributed by atoms with Crippen molar-refractivity contribution in [1.29, 1.82) is 0 Å². The molecule has 0 aliphatic carbocycles. The standard InChI is InChI=1S/C15H19BrN4/c1-4-10-7-11(16)5-6-12(10)20-15-13(9(2)3)14(17)18-8-19-15/h5-9H,4H2,1-3H3,(H3,17,18,19,20). The largest absolute Gasteiger partial charge is 0.383 e. The molecule has 3 N–H and O–H groups in total. The lowest BCUT2D eigenvalue weighted by atomic mass is 10.0. The molecule has 0 saturated heterocycles. The molecule has 0 atom stereocenters. The Hall–Kier alpha value is -1.62.